The first kappa shape index (κ1) is 37.0. The van der Waals surface area contributed by atoms with Crippen LogP contribution in [0.2, 0.25) is 0 Å². The van der Waals surface area contributed by atoms with E-state index in [4.69, 9.17) is 10.3 Å². The number of benzene rings is 1. The zero-order valence-electron chi connectivity index (χ0n) is 26.4. The summed E-state index contributed by atoms with van der Waals surface area (Å²) in [6.07, 6.45) is 18.5. The second-order valence-corrected chi connectivity index (χ2v) is 12.1. The number of unbranched alkanes of at least 4 members (excludes halogenated alkanes) is 13. The highest BCUT2D eigenvalue weighted by Gasteiger charge is 2.15. The summed E-state index contributed by atoms with van der Waals surface area (Å²) < 4.78 is 5.34. The molecular weight excluding hydrogens is 530 g/mol. The summed E-state index contributed by atoms with van der Waals surface area (Å²) in [6.45, 7) is 6.97. The number of nitrogens with zero attached hydrogens (tertiary/aromatic N) is 3. The van der Waals surface area contributed by atoms with Gasteiger partial charge in [-0.2, -0.15) is 0 Å². The molecule has 236 valence electrons. The van der Waals surface area contributed by atoms with Crippen LogP contribution in [0.1, 0.15) is 146 Å². The van der Waals surface area contributed by atoms with Gasteiger partial charge in [0.25, 0.3) is 5.91 Å². The van der Waals surface area contributed by atoms with E-state index in [0.717, 1.165) is 31.2 Å². The van der Waals surface area contributed by atoms with Gasteiger partial charge in [-0.25, -0.2) is 0 Å². The second kappa shape index (κ2) is 23.5. The molecule has 1 rings (SSSR count). The predicted octanol–water partition coefficient (Wildman–Crippen LogP) is 8.32. The molecule has 0 bridgehead atoms. The fraction of sp³-hybridized carbons (Fsp3) is 0.727. The van der Waals surface area contributed by atoms with Gasteiger partial charge in [-0.1, -0.05) is 94.3 Å². The van der Waals surface area contributed by atoms with Gasteiger partial charge >= 0.3 is 5.97 Å². The van der Waals surface area contributed by atoms with E-state index in [2.05, 4.69) is 20.7 Å². The molecule has 2 amide bonds. The molecule has 0 radical (unpaired) electrons. The van der Waals surface area contributed by atoms with Gasteiger partial charge in [0.2, 0.25) is 5.91 Å². The molecular formula is C33H55N5O4. The highest BCUT2D eigenvalue weighted by Crippen LogP contribution is 2.15. The van der Waals surface area contributed by atoms with Crippen molar-refractivity contribution in [3.63, 3.8) is 0 Å². The predicted molar refractivity (Wildman–Crippen MR) is 169 cm³/mol. The Bertz CT molecular complexity index is 954. The average Bonchev–Trinajstić information content (AvgIpc) is 2.94. The Labute approximate surface area is 253 Å². The van der Waals surface area contributed by atoms with E-state index in [1.807, 2.05) is 26.8 Å². The molecule has 0 atom stereocenters. The lowest BCUT2D eigenvalue weighted by molar-refractivity contribution is -0.154. The second-order valence-electron chi connectivity index (χ2n) is 12.1. The van der Waals surface area contributed by atoms with Crippen molar-refractivity contribution >= 4 is 17.8 Å². The van der Waals surface area contributed by atoms with Crippen molar-refractivity contribution in [1.29, 1.82) is 0 Å². The van der Waals surface area contributed by atoms with Gasteiger partial charge in [0.1, 0.15) is 5.60 Å². The average molecular weight is 586 g/mol. The minimum Gasteiger partial charge on any atom is -0.460 e. The van der Waals surface area contributed by atoms with Gasteiger partial charge in [-0.3, -0.25) is 14.4 Å². The minimum absolute atomic E-state index is 0.0785. The molecule has 1 aromatic rings. The summed E-state index contributed by atoms with van der Waals surface area (Å²) in [5.74, 6) is -0.176. The van der Waals surface area contributed by atoms with E-state index in [-0.39, 0.29) is 29.9 Å². The molecule has 9 nitrogen and oxygen atoms in total. The Kier molecular flexibility index (Phi) is 20.7. The molecule has 0 aliphatic carbocycles. The van der Waals surface area contributed by atoms with Crippen LogP contribution in [0.5, 0.6) is 0 Å². The summed E-state index contributed by atoms with van der Waals surface area (Å²) >= 11 is 0. The topological polar surface area (TPSA) is 133 Å². The largest absolute Gasteiger partial charge is 0.460 e. The molecule has 1 aromatic carbocycles. The quantitative estimate of drug-likeness (QED) is 0.0415. The lowest BCUT2D eigenvalue weighted by Crippen LogP contribution is -2.29. The van der Waals surface area contributed by atoms with Crippen molar-refractivity contribution in [2.24, 2.45) is 5.11 Å². The van der Waals surface area contributed by atoms with Crippen LogP contribution in [0.25, 0.3) is 10.4 Å². The van der Waals surface area contributed by atoms with Crippen molar-refractivity contribution in [2.45, 2.75) is 142 Å². The fourth-order valence-corrected chi connectivity index (χ4v) is 4.70. The van der Waals surface area contributed by atoms with E-state index in [1.54, 1.807) is 18.2 Å². The Hall–Kier alpha value is -3.06. The summed E-state index contributed by atoms with van der Waals surface area (Å²) in [4.78, 5) is 38.7. The number of esters is 1. The maximum absolute atomic E-state index is 12.3. The van der Waals surface area contributed by atoms with E-state index in [0.29, 0.717) is 37.9 Å². The highest BCUT2D eigenvalue weighted by molar-refractivity contribution is 5.94. The van der Waals surface area contributed by atoms with Crippen LogP contribution in [0.15, 0.2) is 29.4 Å². The zero-order valence-corrected chi connectivity index (χ0v) is 26.4. The van der Waals surface area contributed by atoms with Gasteiger partial charge in [0.15, 0.2) is 0 Å². The number of nitrogens with one attached hydrogen (secondary N) is 2. The first-order valence-corrected chi connectivity index (χ1v) is 16.1. The Morgan fingerprint density at radius 1 is 0.762 bits per heavy atom. The van der Waals surface area contributed by atoms with Gasteiger partial charge in [0.05, 0.1) is 6.54 Å². The van der Waals surface area contributed by atoms with E-state index < -0.39 is 0 Å². The van der Waals surface area contributed by atoms with E-state index >= 15 is 0 Å². The first-order valence-electron chi connectivity index (χ1n) is 16.1. The maximum atomic E-state index is 12.3. The lowest BCUT2D eigenvalue weighted by atomic mass is 10.0. The smallest absolute Gasteiger partial charge is 0.306 e. The molecule has 42 heavy (non-hydrogen) atoms. The van der Waals surface area contributed by atoms with Crippen LogP contribution in [0.3, 0.4) is 0 Å². The normalized spacial score (nSPS) is 11.0. The van der Waals surface area contributed by atoms with Crippen molar-refractivity contribution in [3.8, 4) is 0 Å². The standard InChI is InChI=1S/C33H55N5O4/c1-33(2,3)42-31(40)23-17-15-13-11-9-7-5-4-6-8-10-12-14-16-22-30(39)35-24-19-25-36-32(41)29-21-18-20-28(26-29)27-37-38-34/h18,20-21,26H,4-17,19,22-25,27H2,1-3H3,(H,35,39)(H,36,41). The Morgan fingerprint density at radius 2 is 1.29 bits per heavy atom. The van der Waals surface area contributed by atoms with Crippen molar-refractivity contribution in [1.82, 2.24) is 10.6 Å². The molecule has 0 saturated carbocycles. The zero-order chi connectivity index (χ0) is 30.9. The number of rotatable bonds is 24. The Morgan fingerprint density at radius 3 is 1.83 bits per heavy atom. The number of hydrogen-bond acceptors (Lipinski definition) is 5. The van der Waals surface area contributed by atoms with E-state index in [1.165, 1.54) is 64.2 Å². The molecule has 0 aromatic heterocycles. The number of carbonyl (C=O) groups is 3. The number of ether oxygens (including phenoxy) is 1. The van der Waals surface area contributed by atoms with Gasteiger partial charge in [-0.05, 0) is 63.3 Å². The molecule has 0 aliphatic heterocycles. The van der Waals surface area contributed by atoms with Gasteiger partial charge in [0, 0.05) is 36.4 Å². The third kappa shape index (κ3) is 21.7. The molecule has 2 N–H and O–H groups in total. The summed E-state index contributed by atoms with van der Waals surface area (Å²) in [7, 11) is 0. The van der Waals surface area contributed by atoms with E-state index in [9.17, 15) is 14.4 Å². The van der Waals surface area contributed by atoms with Crippen molar-refractivity contribution in [2.75, 3.05) is 13.1 Å². The number of carbonyl (C=O) groups excluding carboxylic acids is 3. The molecule has 0 saturated heterocycles. The Balaban J connectivity index is 1.86. The van der Waals surface area contributed by atoms with Crippen molar-refractivity contribution in [3.05, 3.63) is 45.8 Å². The summed E-state index contributed by atoms with van der Waals surface area (Å²) in [5.41, 5.74) is 9.36. The summed E-state index contributed by atoms with van der Waals surface area (Å²) in [6, 6.07) is 7.02. The number of azide groups is 1. The molecule has 9 heteroatoms. The van der Waals surface area contributed by atoms with Crippen LogP contribution in [0, 0.1) is 0 Å². The third-order valence-corrected chi connectivity index (χ3v) is 6.92. The van der Waals surface area contributed by atoms with Crippen LogP contribution < -0.4 is 10.6 Å². The minimum atomic E-state index is -0.381. The molecule has 0 spiro atoms. The van der Waals surface area contributed by atoms with Gasteiger partial charge in [-0.15, -0.1) is 0 Å². The molecule has 0 heterocycles. The number of amides is 2. The van der Waals surface area contributed by atoms with Crippen LogP contribution in [-0.4, -0.2) is 36.5 Å². The third-order valence-electron chi connectivity index (χ3n) is 6.92. The highest BCUT2D eigenvalue weighted by atomic mass is 16.6. The fourth-order valence-electron chi connectivity index (χ4n) is 4.70. The van der Waals surface area contributed by atoms with Crippen LogP contribution in [-0.2, 0) is 20.9 Å². The van der Waals surface area contributed by atoms with Crippen molar-refractivity contribution < 1.29 is 19.1 Å². The monoisotopic (exact) mass is 585 g/mol. The lowest BCUT2D eigenvalue weighted by Gasteiger charge is -2.19. The van der Waals surface area contributed by atoms with Crippen LogP contribution in [0.4, 0.5) is 0 Å². The SMILES string of the molecule is CC(C)(C)OC(=O)CCCCCCCCCCCCCCCCC(=O)NCCCNC(=O)c1cccc(CN=[N+]=[N-])c1. The van der Waals surface area contributed by atoms with Crippen LogP contribution >= 0.6 is 0 Å². The maximum Gasteiger partial charge on any atom is 0.306 e. The molecule has 0 aliphatic rings. The van der Waals surface area contributed by atoms with Gasteiger partial charge < -0.3 is 15.4 Å². The first-order chi connectivity index (χ1) is 20.2. The summed E-state index contributed by atoms with van der Waals surface area (Å²) in [5, 5.41) is 9.31. The number of hydrogen-bond donors (Lipinski definition) is 2. The molecule has 0 unspecified atom stereocenters. The molecule has 0 fully saturated rings.